The van der Waals surface area contributed by atoms with E-state index in [1.807, 2.05) is 69.3 Å². The maximum atomic E-state index is 12.5. The minimum Gasteiger partial charge on any atom is -0.422 e. The fraction of sp³-hybridized carbons (Fsp3) is 0.154. The predicted molar refractivity (Wildman–Crippen MR) is 125 cm³/mol. The van der Waals surface area contributed by atoms with Gasteiger partial charge in [0.1, 0.15) is 5.58 Å². The zero-order valence-electron chi connectivity index (χ0n) is 17.8. The van der Waals surface area contributed by atoms with Crippen molar-refractivity contribution in [1.29, 1.82) is 0 Å². The molecule has 4 rings (SSSR count). The highest BCUT2D eigenvalue weighted by molar-refractivity contribution is 6.04. The Hall–Kier alpha value is -3.86. The number of amides is 1. The van der Waals surface area contributed by atoms with Gasteiger partial charge in [-0.15, -0.1) is 0 Å². The summed E-state index contributed by atoms with van der Waals surface area (Å²) in [6.45, 7) is 6.41. The standard InChI is InChI=1S/C26H24N2O3/c1-16-10-12-22-20(13-24(29)31-25(22)18(16)3)15-27-23-14-21(11-9-17(23)2)28-26(30)19-7-5-4-6-8-19/h4-14,27H,15H2,1-3H3,(H,28,30). The van der Waals surface area contributed by atoms with Gasteiger partial charge in [-0.3, -0.25) is 4.79 Å². The van der Waals surface area contributed by atoms with E-state index in [4.69, 9.17) is 4.42 Å². The highest BCUT2D eigenvalue weighted by atomic mass is 16.4. The Morgan fingerprint density at radius 2 is 1.65 bits per heavy atom. The van der Waals surface area contributed by atoms with E-state index < -0.39 is 0 Å². The first kappa shape index (κ1) is 20.4. The molecule has 1 aromatic heterocycles. The summed E-state index contributed by atoms with van der Waals surface area (Å²) in [5.74, 6) is -0.159. The van der Waals surface area contributed by atoms with Crippen molar-refractivity contribution in [2.75, 3.05) is 10.6 Å². The lowest BCUT2D eigenvalue weighted by atomic mass is 10.0. The number of carbonyl (C=O) groups is 1. The van der Waals surface area contributed by atoms with E-state index in [0.717, 1.165) is 33.3 Å². The molecule has 0 aliphatic heterocycles. The van der Waals surface area contributed by atoms with E-state index in [0.29, 0.717) is 23.4 Å². The molecule has 0 aliphatic rings. The molecule has 2 N–H and O–H groups in total. The lowest BCUT2D eigenvalue weighted by Crippen LogP contribution is -2.12. The molecule has 3 aromatic carbocycles. The first-order valence-electron chi connectivity index (χ1n) is 10.2. The summed E-state index contributed by atoms with van der Waals surface area (Å²) in [5.41, 5.74) is 6.41. The van der Waals surface area contributed by atoms with Gasteiger partial charge in [0.15, 0.2) is 0 Å². The van der Waals surface area contributed by atoms with Crippen LogP contribution in [0.4, 0.5) is 11.4 Å². The van der Waals surface area contributed by atoms with E-state index in [2.05, 4.69) is 10.6 Å². The van der Waals surface area contributed by atoms with E-state index >= 15 is 0 Å². The first-order chi connectivity index (χ1) is 14.9. The van der Waals surface area contributed by atoms with Crippen LogP contribution in [0.2, 0.25) is 0 Å². The number of hydrogen-bond donors (Lipinski definition) is 2. The van der Waals surface area contributed by atoms with Gasteiger partial charge in [0.05, 0.1) is 0 Å². The fourth-order valence-corrected chi connectivity index (χ4v) is 3.54. The van der Waals surface area contributed by atoms with E-state index in [9.17, 15) is 9.59 Å². The molecule has 4 aromatic rings. The van der Waals surface area contributed by atoms with Crippen LogP contribution in [-0.2, 0) is 6.54 Å². The SMILES string of the molecule is Cc1ccc(NC(=O)c2ccccc2)cc1NCc1cc(=O)oc2c(C)c(C)ccc12. The summed E-state index contributed by atoms with van der Waals surface area (Å²) in [6, 6.07) is 20.4. The number of aryl methyl sites for hydroxylation is 3. The molecule has 0 spiro atoms. The largest absolute Gasteiger partial charge is 0.422 e. The zero-order valence-corrected chi connectivity index (χ0v) is 17.8. The molecule has 0 radical (unpaired) electrons. The molecule has 5 nitrogen and oxygen atoms in total. The van der Waals surface area contributed by atoms with Crippen molar-refractivity contribution >= 4 is 28.3 Å². The molecule has 0 unspecified atom stereocenters. The molecule has 0 fully saturated rings. The number of fused-ring (bicyclic) bond motifs is 1. The van der Waals surface area contributed by atoms with Gasteiger partial charge < -0.3 is 15.1 Å². The van der Waals surface area contributed by atoms with Crippen molar-refractivity contribution in [2.24, 2.45) is 0 Å². The van der Waals surface area contributed by atoms with E-state index in [1.165, 1.54) is 6.07 Å². The second-order valence-corrected chi connectivity index (χ2v) is 7.68. The van der Waals surface area contributed by atoms with Crippen molar-refractivity contribution < 1.29 is 9.21 Å². The van der Waals surface area contributed by atoms with Gasteiger partial charge in [0, 0.05) is 34.9 Å². The number of anilines is 2. The number of nitrogens with one attached hydrogen (secondary N) is 2. The maximum absolute atomic E-state index is 12.5. The van der Waals surface area contributed by atoms with Crippen LogP contribution in [0.1, 0.15) is 32.6 Å². The third-order valence-electron chi connectivity index (χ3n) is 5.52. The predicted octanol–water partition coefficient (Wildman–Crippen LogP) is 5.58. The Morgan fingerprint density at radius 3 is 2.42 bits per heavy atom. The Labute approximate surface area is 180 Å². The number of benzene rings is 3. The molecule has 156 valence electrons. The highest BCUT2D eigenvalue weighted by Crippen LogP contribution is 2.26. The molecule has 31 heavy (non-hydrogen) atoms. The van der Waals surface area contributed by atoms with Gasteiger partial charge >= 0.3 is 5.63 Å². The Morgan fingerprint density at radius 1 is 0.903 bits per heavy atom. The second-order valence-electron chi connectivity index (χ2n) is 7.68. The summed E-state index contributed by atoms with van der Waals surface area (Å²) in [6.07, 6.45) is 0. The summed E-state index contributed by atoms with van der Waals surface area (Å²) in [5, 5.41) is 7.25. The van der Waals surface area contributed by atoms with Crippen molar-refractivity contribution in [2.45, 2.75) is 27.3 Å². The van der Waals surface area contributed by atoms with Gasteiger partial charge in [-0.05, 0) is 67.3 Å². The van der Waals surface area contributed by atoms with Crippen LogP contribution in [0.5, 0.6) is 0 Å². The molecular weight excluding hydrogens is 388 g/mol. The van der Waals surface area contributed by atoms with Crippen molar-refractivity contribution in [3.63, 3.8) is 0 Å². The van der Waals surface area contributed by atoms with Gasteiger partial charge in [-0.25, -0.2) is 4.79 Å². The molecule has 0 saturated heterocycles. The van der Waals surface area contributed by atoms with Gasteiger partial charge in [0.25, 0.3) is 5.91 Å². The van der Waals surface area contributed by atoms with Crippen LogP contribution < -0.4 is 16.3 Å². The van der Waals surface area contributed by atoms with Crippen molar-refractivity contribution in [3.8, 4) is 0 Å². The highest BCUT2D eigenvalue weighted by Gasteiger charge is 2.11. The smallest absolute Gasteiger partial charge is 0.336 e. The third kappa shape index (κ3) is 4.36. The van der Waals surface area contributed by atoms with Crippen molar-refractivity contribution in [3.05, 3.63) is 105 Å². The topological polar surface area (TPSA) is 71.3 Å². The number of carbonyl (C=O) groups excluding carboxylic acids is 1. The van der Waals surface area contributed by atoms with E-state index in [1.54, 1.807) is 12.1 Å². The molecule has 5 heteroatoms. The zero-order chi connectivity index (χ0) is 22.0. The molecule has 0 aliphatic carbocycles. The molecular formula is C26H24N2O3. The van der Waals surface area contributed by atoms with Gasteiger partial charge in [0.2, 0.25) is 0 Å². The van der Waals surface area contributed by atoms with Crippen LogP contribution in [0.3, 0.4) is 0 Å². The van der Waals surface area contributed by atoms with Gasteiger partial charge in [-0.2, -0.15) is 0 Å². The third-order valence-corrected chi connectivity index (χ3v) is 5.52. The summed E-state index contributed by atoms with van der Waals surface area (Å²) in [7, 11) is 0. The minimum atomic E-state index is -0.362. The van der Waals surface area contributed by atoms with Crippen LogP contribution in [0.15, 0.2) is 75.9 Å². The Bertz CT molecular complexity index is 1320. The Kier molecular flexibility index (Phi) is 5.58. The summed E-state index contributed by atoms with van der Waals surface area (Å²) < 4.78 is 5.46. The molecule has 0 bridgehead atoms. The maximum Gasteiger partial charge on any atom is 0.336 e. The lowest BCUT2D eigenvalue weighted by molar-refractivity contribution is 0.102. The first-order valence-corrected chi connectivity index (χ1v) is 10.2. The monoisotopic (exact) mass is 412 g/mol. The van der Waals surface area contributed by atoms with Crippen LogP contribution >= 0.6 is 0 Å². The summed E-state index contributed by atoms with van der Waals surface area (Å²) >= 11 is 0. The van der Waals surface area contributed by atoms with E-state index in [-0.39, 0.29) is 11.5 Å². The summed E-state index contributed by atoms with van der Waals surface area (Å²) in [4.78, 5) is 24.6. The van der Waals surface area contributed by atoms with Crippen LogP contribution in [0, 0.1) is 20.8 Å². The number of rotatable bonds is 5. The van der Waals surface area contributed by atoms with Crippen molar-refractivity contribution in [1.82, 2.24) is 0 Å². The molecule has 0 saturated carbocycles. The average Bonchev–Trinajstić information content (AvgIpc) is 2.77. The average molecular weight is 412 g/mol. The lowest BCUT2D eigenvalue weighted by Gasteiger charge is -2.14. The molecule has 1 amide bonds. The minimum absolute atomic E-state index is 0.159. The Balaban J connectivity index is 1.58. The molecule has 0 atom stereocenters. The normalized spacial score (nSPS) is 10.8. The second kappa shape index (κ2) is 8.48. The van der Waals surface area contributed by atoms with Gasteiger partial charge in [-0.1, -0.05) is 36.4 Å². The quantitative estimate of drug-likeness (QED) is 0.420. The fourth-order valence-electron chi connectivity index (χ4n) is 3.54. The van der Waals surface area contributed by atoms with Crippen LogP contribution in [0.25, 0.3) is 11.0 Å². The molecule has 1 heterocycles. The number of hydrogen-bond acceptors (Lipinski definition) is 4. The van der Waals surface area contributed by atoms with Crippen LogP contribution in [-0.4, -0.2) is 5.91 Å².